The Bertz CT molecular complexity index is 690. The van der Waals surface area contributed by atoms with Crippen molar-refractivity contribution in [3.8, 4) is 5.75 Å². The largest absolute Gasteiger partial charge is 0.496 e. The zero-order valence-corrected chi connectivity index (χ0v) is 16.5. The lowest BCUT2D eigenvalue weighted by Gasteiger charge is -2.13. The van der Waals surface area contributed by atoms with E-state index in [1.165, 1.54) is 12.1 Å². The highest BCUT2D eigenvalue weighted by atomic mass is 127. The Morgan fingerprint density at radius 2 is 1.76 bits per heavy atom. The molecule has 0 radical (unpaired) electrons. The number of halogens is 3. The Labute approximate surface area is 163 Å². The Morgan fingerprint density at radius 3 is 2.40 bits per heavy atom. The number of aliphatic imine (C=N–C) groups is 1. The molecule has 0 aliphatic heterocycles. The summed E-state index contributed by atoms with van der Waals surface area (Å²) < 4.78 is 31.6. The van der Waals surface area contributed by atoms with Gasteiger partial charge in [-0.15, -0.1) is 24.0 Å². The van der Waals surface area contributed by atoms with Crippen molar-refractivity contribution in [3.05, 3.63) is 65.2 Å². The van der Waals surface area contributed by atoms with Crippen LogP contribution in [-0.2, 0) is 13.0 Å². The summed E-state index contributed by atoms with van der Waals surface area (Å²) in [4.78, 5) is 4.13. The monoisotopic (exact) mass is 461 g/mol. The summed E-state index contributed by atoms with van der Waals surface area (Å²) in [5, 5.41) is 6.30. The van der Waals surface area contributed by atoms with Crippen LogP contribution in [0.3, 0.4) is 0 Å². The summed E-state index contributed by atoms with van der Waals surface area (Å²) in [6.07, 6.45) is 0.490. The molecule has 0 aliphatic rings. The van der Waals surface area contributed by atoms with Crippen LogP contribution in [0.1, 0.15) is 11.1 Å². The average molecular weight is 461 g/mol. The SMILES string of the molecule is CN=C(NCCc1cc(F)cc(F)c1)NCc1ccccc1OC.I. The number of rotatable bonds is 6. The second-order valence-electron chi connectivity index (χ2n) is 5.19. The standard InChI is InChI=1S/C18H21F2N3O.HI/c1-21-18(23-12-14-5-3-4-6-17(14)24-2)22-8-7-13-9-15(19)11-16(20)10-13;/h3-6,9-11H,7-8,12H2,1-2H3,(H2,21,22,23);1H. The summed E-state index contributed by atoms with van der Waals surface area (Å²) in [6.45, 7) is 1.06. The molecule has 0 atom stereocenters. The minimum absolute atomic E-state index is 0. The smallest absolute Gasteiger partial charge is 0.191 e. The van der Waals surface area contributed by atoms with E-state index in [9.17, 15) is 8.78 Å². The third kappa shape index (κ3) is 6.85. The number of ether oxygens (including phenoxy) is 1. The first-order chi connectivity index (χ1) is 11.6. The van der Waals surface area contributed by atoms with Crippen LogP contribution >= 0.6 is 24.0 Å². The van der Waals surface area contributed by atoms with Crippen molar-refractivity contribution >= 4 is 29.9 Å². The highest BCUT2D eigenvalue weighted by Crippen LogP contribution is 2.16. The van der Waals surface area contributed by atoms with E-state index in [-0.39, 0.29) is 24.0 Å². The highest BCUT2D eigenvalue weighted by Gasteiger charge is 2.04. The van der Waals surface area contributed by atoms with E-state index < -0.39 is 11.6 Å². The Hall–Kier alpha value is -1.90. The molecule has 2 aromatic carbocycles. The number of benzene rings is 2. The number of para-hydroxylation sites is 1. The van der Waals surface area contributed by atoms with Crippen molar-refractivity contribution in [2.24, 2.45) is 4.99 Å². The summed E-state index contributed by atoms with van der Waals surface area (Å²) in [5.74, 6) is 0.279. The molecule has 0 bridgehead atoms. The quantitative estimate of drug-likeness (QED) is 0.394. The van der Waals surface area contributed by atoms with Gasteiger partial charge in [0.1, 0.15) is 17.4 Å². The van der Waals surface area contributed by atoms with E-state index in [2.05, 4.69) is 15.6 Å². The van der Waals surface area contributed by atoms with Gasteiger partial charge in [0, 0.05) is 31.8 Å². The number of hydrogen-bond donors (Lipinski definition) is 2. The maximum Gasteiger partial charge on any atom is 0.191 e. The molecule has 4 nitrogen and oxygen atoms in total. The van der Waals surface area contributed by atoms with Crippen LogP contribution in [0.4, 0.5) is 8.78 Å². The normalized spacial score (nSPS) is 10.8. The number of nitrogens with zero attached hydrogens (tertiary/aromatic N) is 1. The minimum atomic E-state index is -0.566. The van der Waals surface area contributed by atoms with Gasteiger partial charge < -0.3 is 15.4 Å². The van der Waals surface area contributed by atoms with Crippen LogP contribution < -0.4 is 15.4 Å². The van der Waals surface area contributed by atoms with Crippen LogP contribution in [0.15, 0.2) is 47.5 Å². The average Bonchev–Trinajstić information content (AvgIpc) is 2.57. The Balaban J connectivity index is 0.00000312. The molecule has 0 fully saturated rings. The van der Waals surface area contributed by atoms with Gasteiger partial charge in [-0.1, -0.05) is 18.2 Å². The molecule has 0 spiro atoms. The second-order valence-corrected chi connectivity index (χ2v) is 5.19. The number of guanidine groups is 1. The Morgan fingerprint density at radius 1 is 1.08 bits per heavy atom. The van der Waals surface area contributed by atoms with E-state index in [1.807, 2.05) is 24.3 Å². The maximum absolute atomic E-state index is 13.2. The van der Waals surface area contributed by atoms with Crippen molar-refractivity contribution in [2.75, 3.05) is 20.7 Å². The first kappa shape index (κ1) is 21.1. The van der Waals surface area contributed by atoms with E-state index in [0.29, 0.717) is 31.0 Å². The van der Waals surface area contributed by atoms with Gasteiger partial charge in [-0.2, -0.15) is 0 Å². The predicted octanol–water partition coefficient (Wildman–Crippen LogP) is 3.50. The van der Waals surface area contributed by atoms with Crippen molar-refractivity contribution in [1.29, 1.82) is 0 Å². The van der Waals surface area contributed by atoms with E-state index in [1.54, 1.807) is 14.2 Å². The molecule has 2 rings (SSSR count). The summed E-state index contributed by atoms with van der Waals surface area (Å²) in [6, 6.07) is 11.2. The van der Waals surface area contributed by atoms with Gasteiger partial charge in [-0.25, -0.2) is 8.78 Å². The maximum atomic E-state index is 13.2. The molecule has 0 unspecified atom stereocenters. The minimum Gasteiger partial charge on any atom is -0.496 e. The van der Waals surface area contributed by atoms with Gasteiger partial charge in [-0.3, -0.25) is 4.99 Å². The molecular weight excluding hydrogens is 439 g/mol. The van der Waals surface area contributed by atoms with Gasteiger partial charge in [0.2, 0.25) is 0 Å². The van der Waals surface area contributed by atoms with Crippen LogP contribution in [0, 0.1) is 11.6 Å². The molecule has 0 saturated heterocycles. The molecule has 25 heavy (non-hydrogen) atoms. The molecule has 0 saturated carbocycles. The van der Waals surface area contributed by atoms with E-state index >= 15 is 0 Å². The van der Waals surface area contributed by atoms with Crippen LogP contribution in [0.5, 0.6) is 5.75 Å². The van der Waals surface area contributed by atoms with E-state index in [0.717, 1.165) is 17.4 Å². The molecule has 0 aromatic heterocycles. The molecule has 0 heterocycles. The molecule has 0 aliphatic carbocycles. The number of nitrogens with one attached hydrogen (secondary N) is 2. The fraction of sp³-hybridized carbons (Fsp3) is 0.278. The van der Waals surface area contributed by atoms with Gasteiger partial charge >= 0.3 is 0 Å². The summed E-state index contributed by atoms with van der Waals surface area (Å²) in [5.41, 5.74) is 1.61. The molecule has 7 heteroatoms. The second kappa shape index (κ2) is 10.9. The third-order valence-corrected chi connectivity index (χ3v) is 3.49. The van der Waals surface area contributed by atoms with Gasteiger partial charge in [0.05, 0.1) is 7.11 Å². The topological polar surface area (TPSA) is 45.7 Å². The predicted molar refractivity (Wildman–Crippen MR) is 107 cm³/mol. The number of hydrogen-bond acceptors (Lipinski definition) is 2. The fourth-order valence-corrected chi connectivity index (χ4v) is 2.33. The van der Waals surface area contributed by atoms with Gasteiger partial charge in [-0.05, 0) is 30.2 Å². The molecule has 2 aromatic rings. The van der Waals surface area contributed by atoms with Crippen LogP contribution in [-0.4, -0.2) is 26.7 Å². The first-order valence-corrected chi connectivity index (χ1v) is 7.63. The summed E-state index contributed by atoms with van der Waals surface area (Å²) in [7, 11) is 3.30. The number of methoxy groups -OCH3 is 1. The molecule has 2 N–H and O–H groups in total. The van der Waals surface area contributed by atoms with Crippen molar-refractivity contribution < 1.29 is 13.5 Å². The fourth-order valence-electron chi connectivity index (χ4n) is 2.33. The lowest BCUT2D eigenvalue weighted by molar-refractivity contribution is 0.409. The summed E-state index contributed by atoms with van der Waals surface area (Å²) >= 11 is 0. The zero-order valence-electron chi connectivity index (χ0n) is 14.2. The zero-order chi connectivity index (χ0) is 17.4. The van der Waals surface area contributed by atoms with Crippen LogP contribution in [0.2, 0.25) is 0 Å². The third-order valence-electron chi connectivity index (χ3n) is 3.49. The molecule has 136 valence electrons. The molecule has 0 amide bonds. The van der Waals surface area contributed by atoms with Crippen molar-refractivity contribution in [2.45, 2.75) is 13.0 Å². The van der Waals surface area contributed by atoms with Crippen molar-refractivity contribution in [1.82, 2.24) is 10.6 Å². The lowest BCUT2D eigenvalue weighted by Crippen LogP contribution is -2.37. The lowest BCUT2D eigenvalue weighted by atomic mass is 10.1. The Kier molecular flexibility index (Phi) is 9.18. The van der Waals surface area contributed by atoms with Crippen LogP contribution in [0.25, 0.3) is 0 Å². The highest BCUT2D eigenvalue weighted by molar-refractivity contribution is 14.0. The van der Waals surface area contributed by atoms with Gasteiger partial charge in [0.15, 0.2) is 5.96 Å². The van der Waals surface area contributed by atoms with Crippen molar-refractivity contribution in [3.63, 3.8) is 0 Å². The molecular formula is C18H22F2IN3O. The van der Waals surface area contributed by atoms with E-state index in [4.69, 9.17) is 4.74 Å². The first-order valence-electron chi connectivity index (χ1n) is 7.63. The van der Waals surface area contributed by atoms with Gasteiger partial charge in [0.25, 0.3) is 0 Å².